The third-order valence-electron chi connectivity index (χ3n) is 3.25. The molecule has 0 N–H and O–H groups in total. The van der Waals surface area contributed by atoms with Crippen LogP contribution >= 0.6 is 15.9 Å². The van der Waals surface area contributed by atoms with Crippen LogP contribution in [0.3, 0.4) is 0 Å². The first-order chi connectivity index (χ1) is 11.8. The molecule has 134 valence electrons. The van der Waals surface area contributed by atoms with Crippen molar-refractivity contribution in [3.63, 3.8) is 0 Å². The summed E-state index contributed by atoms with van der Waals surface area (Å²) in [7, 11) is -0.740. The zero-order valence-electron chi connectivity index (χ0n) is 13.8. The smallest absolute Gasteiger partial charge is 0.338 e. The summed E-state index contributed by atoms with van der Waals surface area (Å²) in [5.74, 6) is 0.0635. The molecule has 0 aromatic heterocycles. The molecule has 2 rings (SSSR count). The van der Waals surface area contributed by atoms with E-state index in [2.05, 4.69) is 15.9 Å². The number of hydrogen-bond acceptors (Lipinski definition) is 5. The molecule has 0 amide bonds. The number of sulfonamides is 1. The number of esters is 1. The molecule has 6 nitrogen and oxygen atoms in total. The first kappa shape index (κ1) is 19.4. The third kappa shape index (κ3) is 5.29. The summed E-state index contributed by atoms with van der Waals surface area (Å²) in [5.41, 5.74) is 0.173. The van der Waals surface area contributed by atoms with Crippen molar-refractivity contribution in [3.8, 4) is 5.75 Å². The normalized spacial score (nSPS) is 11.4. The maximum absolute atomic E-state index is 12.1. The Balaban J connectivity index is 1.92. The maximum atomic E-state index is 12.1. The van der Waals surface area contributed by atoms with Crippen molar-refractivity contribution in [2.45, 2.75) is 4.90 Å². The number of carbonyl (C=O) groups is 1. The van der Waals surface area contributed by atoms with Gasteiger partial charge in [-0.3, -0.25) is 0 Å². The lowest BCUT2D eigenvalue weighted by atomic mass is 10.2. The lowest BCUT2D eigenvalue weighted by Gasteiger charge is -2.12. The molecule has 0 saturated carbocycles. The number of rotatable bonds is 7. The van der Waals surface area contributed by atoms with Gasteiger partial charge >= 0.3 is 5.97 Å². The molecule has 2 aromatic rings. The van der Waals surface area contributed by atoms with Crippen LogP contribution in [0.5, 0.6) is 5.75 Å². The van der Waals surface area contributed by atoms with Crippen molar-refractivity contribution in [2.75, 3.05) is 27.3 Å². The van der Waals surface area contributed by atoms with Crippen LogP contribution < -0.4 is 4.74 Å². The molecule has 0 aliphatic heterocycles. The monoisotopic (exact) mass is 427 g/mol. The highest BCUT2D eigenvalue weighted by Gasteiger charge is 2.19. The van der Waals surface area contributed by atoms with E-state index in [1.54, 1.807) is 12.1 Å². The summed E-state index contributed by atoms with van der Waals surface area (Å²) in [4.78, 5) is 12.1. The third-order valence-corrected chi connectivity index (χ3v) is 5.59. The van der Waals surface area contributed by atoms with E-state index in [0.29, 0.717) is 5.75 Å². The summed E-state index contributed by atoms with van der Waals surface area (Å²) in [5, 5.41) is 0. The molecule has 0 radical (unpaired) electrons. The average molecular weight is 428 g/mol. The lowest BCUT2D eigenvalue weighted by molar-refractivity contribution is 0.0450. The van der Waals surface area contributed by atoms with Crippen LogP contribution in [0.4, 0.5) is 0 Å². The van der Waals surface area contributed by atoms with E-state index >= 15 is 0 Å². The van der Waals surface area contributed by atoms with Crippen LogP contribution in [0.15, 0.2) is 57.9 Å². The van der Waals surface area contributed by atoms with Crippen molar-refractivity contribution in [3.05, 3.63) is 58.6 Å². The fourth-order valence-corrected chi connectivity index (χ4v) is 3.11. The fourth-order valence-electron chi connectivity index (χ4n) is 1.90. The minimum absolute atomic E-state index is 0.0399. The van der Waals surface area contributed by atoms with Crippen LogP contribution in [0.2, 0.25) is 0 Å². The Bertz CT molecular complexity index is 834. The molecule has 8 heteroatoms. The van der Waals surface area contributed by atoms with Gasteiger partial charge in [-0.05, 0) is 42.5 Å². The van der Waals surface area contributed by atoms with E-state index < -0.39 is 16.0 Å². The summed E-state index contributed by atoms with van der Waals surface area (Å²) in [6, 6.07) is 13.0. The van der Waals surface area contributed by atoms with E-state index in [1.807, 2.05) is 12.1 Å². The zero-order valence-corrected chi connectivity index (χ0v) is 16.2. The van der Waals surface area contributed by atoms with Gasteiger partial charge in [0.05, 0.1) is 10.5 Å². The van der Waals surface area contributed by atoms with Gasteiger partial charge in [0.1, 0.15) is 19.0 Å². The van der Waals surface area contributed by atoms with E-state index in [9.17, 15) is 13.2 Å². The summed E-state index contributed by atoms with van der Waals surface area (Å²) in [6.07, 6.45) is 0. The highest BCUT2D eigenvalue weighted by atomic mass is 79.9. The predicted molar refractivity (Wildman–Crippen MR) is 97.2 cm³/mol. The highest BCUT2D eigenvalue weighted by molar-refractivity contribution is 9.10. The van der Waals surface area contributed by atoms with Crippen molar-refractivity contribution in [1.29, 1.82) is 0 Å². The molecular weight excluding hydrogens is 410 g/mol. The van der Waals surface area contributed by atoms with Crippen LogP contribution in [0.25, 0.3) is 0 Å². The Kier molecular flexibility index (Phi) is 6.57. The molecule has 2 aromatic carbocycles. The Hall–Kier alpha value is -1.90. The summed E-state index contributed by atoms with van der Waals surface area (Å²) < 4.78 is 36.8. The van der Waals surface area contributed by atoms with Crippen molar-refractivity contribution in [1.82, 2.24) is 4.31 Å². The topological polar surface area (TPSA) is 72.9 Å². The minimum atomic E-state index is -3.60. The SMILES string of the molecule is CN(C)S(=O)(=O)c1cccc(C(=O)OCCOc2ccc(Br)cc2)c1. The number of benzene rings is 2. The first-order valence-corrected chi connectivity index (χ1v) is 9.62. The summed E-state index contributed by atoms with van der Waals surface area (Å²) in [6.45, 7) is 0.253. The standard InChI is InChI=1S/C17H18BrNO5S/c1-19(2)25(21,22)16-5-3-4-13(12-16)17(20)24-11-10-23-15-8-6-14(18)7-9-15/h3-9,12H,10-11H2,1-2H3. The molecule has 0 heterocycles. The Labute approximate surface area is 155 Å². The van der Waals surface area contributed by atoms with Crippen LogP contribution in [-0.4, -0.2) is 46.0 Å². The molecule has 0 spiro atoms. The first-order valence-electron chi connectivity index (χ1n) is 7.39. The second-order valence-corrected chi connectivity index (χ2v) is 8.32. The second-order valence-electron chi connectivity index (χ2n) is 5.25. The van der Waals surface area contributed by atoms with E-state index in [-0.39, 0.29) is 23.7 Å². The van der Waals surface area contributed by atoms with E-state index in [0.717, 1.165) is 8.78 Å². The largest absolute Gasteiger partial charge is 0.490 e. The van der Waals surface area contributed by atoms with E-state index in [1.165, 1.54) is 38.4 Å². The van der Waals surface area contributed by atoms with Gasteiger partial charge in [-0.15, -0.1) is 0 Å². The number of nitrogens with zero attached hydrogens (tertiary/aromatic N) is 1. The molecule has 0 aliphatic rings. The van der Waals surface area contributed by atoms with Gasteiger partial charge in [0.2, 0.25) is 10.0 Å². The lowest BCUT2D eigenvalue weighted by Crippen LogP contribution is -2.22. The van der Waals surface area contributed by atoms with Gasteiger partial charge in [-0.1, -0.05) is 22.0 Å². The average Bonchev–Trinajstić information content (AvgIpc) is 2.60. The Morgan fingerprint density at radius 3 is 2.40 bits per heavy atom. The van der Waals surface area contributed by atoms with Crippen LogP contribution in [-0.2, 0) is 14.8 Å². The molecule has 25 heavy (non-hydrogen) atoms. The molecular formula is C17H18BrNO5S. The van der Waals surface area contributed by atoms with E-state index in [4.69, 9.17) is 9.47 Å². The van der Waals surface area contributed by atoms with Crippen LogP contribution in [0.1, 0.15) is 10.4 Å². The van der Waals surface area contributed by atoms with Crippen molar-refractivity contribution in [2.24, 2.45) is 0 Å². The van der Waals surface area contributed by atoms with Gasteiger partial charge in [0.15, 0.2) is 0 Å². The fraction of sp³-hybridized carbons (Fsp3) is 0.235. The molecule has 0 fully saturated rings. The predicted octanol–water partition coefficient (Wildman–Crippen LogP) is 2.94. The van der Waals surface area contributed by atoms with Gasteiger partial charge in [-0.25, -0.2) is 17.5 Å². The quantitative estimate of drug-likeness (QED) is 0.501. The van der Waals surface area contributed by atoms with Gasteiger partial charge < -0.3 is 9.47 Å². The van der Waals surface area contributed by atoms with Gasteiger partial charge in [0, 0.05) is 18.6 Å². The maximum Gasteiger partial charge on any atom is 0.338 e. The van der Waals surface area contributed by atoms with Crippen molar-refractivity contribution >= 4 is 31.9 Å². The second kappa shape index (κ2) is 8.46. The number of halogens is 1. The molecule has 0 unspecified atom stereocenters. The number of ether oxygens (including phenoxy) is 2. The van der Waals surface area contributed by atoms with Gasteiger partial charge in [-0.2, -0.15) is 0 Å². The van der Waals surface area contributed by atoms with Gasteiger partial charge in [0.25, 0.3) is 0 Å². The molecule has 0 aliphatic carbocycles. The summed E-state index contributed by atoms with van der Waals surface area (Å²) >= 11 is 3.33. The molecule has 0 saturated heterocycles. The molecule has 0 bridgehead atoms. The molecule has 0 atom stereocenters. The number of carbonyl (C=O) groups excluding carboxylic acids is 1. The van der Waals surface area contributed by atoms with Crippen molar-refractivity contribution < 1.29 is 22.7 Å². The minimum Gasteiger partial charge on any atom is -0.490 e. The Morgan fingerprint density at radius 1 is 1.08 bits per heavy atom. The zero-order chi connectivity index (χ0) is 18.4. The number of hydrogen-bond donors (Lipinski definition) is 0. The van der Waals surface area contributed by atoms with Crippen LogP contribution in [0, 0.1) is 0 Å². The highest BCUT2D eigenvalue weighted by Crippen LogP contribution is 2.17. The Morgan fingerprint density at radius 2 is 1.76 bits per heavy atom.